The summed E-state index contributed by atoms with van der Waals surface area (Å²) in [6, 6.07) is 0. The van der Waals surface area contributed by atoms with Crippen LogP contribution in [0.1, 0.15) is 119 Å². The van der Waals surface area contributed by atoms with Crippen molar-refractivity contribution >= 4 is 0 Å². The molecule has 0 N–H and O–H groups in total. The van der Waals surface area contributed by atoms with Crippen molar-refractivity contribution < 1.29 is 124 Å². The molecule has 0 amide bonds. The van der Waals surface area contributed by atoms with Crippen LogP contribution in [-0.2, 0) is 109 Å². The zero-order chi connectivity index (χ0) is 28.3. The number of unbranched alkanes of at least 4 members (excludes halogenated alkanes) is 3. The van der Waals surface area contributed by atoms with Gasteiger partial charge >= 0.3 is 109 Å². The fraction of sp³-hybridized carbons (Fsp3) is 1.00. The predicted molar refractivity (Wildman–Crippen MR) is 119 cm³/mol. The fourth-order valence-electron chi connectivity index (χ4n) is 2.79. The van der Waals surface area contributed by atoms with Crippen LogP contribution in [0.4, 0.5) is 0 Å². The molecule has 0 heterocycles. The Morgan fingerprint density at radius 3 is 1.17 bits per heavy atom. The van der Waals surface area contributed by atoms with Crippen molar-refractivity contribution in [2.24, 2.45) is 17.8 Å². The molecule has 0 fully saturated rings. The Morgan fingerprint density at radius 2 is 0.944 bits per heavy atom. The molecule has 0 aromatic carbocycles. The molecular formula is C24H51O7Ti5. The molecule has 7 nitrogen and oxygen atoms in total. The van der Waals surface area contributed by atoms with Crippen LogP contribution in [0, 0.1) is 17.8 Å². The summed E-state index contributed by atoms with van der Waals surface area (Å²) < 4.78 is 19.6. The van der Waals surface area contributed by atoms with Crippen LogP contribution >= 0.6 is 0 Å². The Bertz CT molecular complexity index is 296. The number of hydrogen-bond acceptors (Lipinski definition) is 7. The molecule has 0 saturated carbocycles. The first-order valence-electron chi connectivity index (χ1n) is 13.4. The Labute approximate surface area is 277 Å². The molecule has 36 heavy (non-hydrogen) atoms. The summed E-state index contributed by atoms with van der Waals surface area (Å²) in [4.78, 5) is 0. The summed E-state index contributed by atoms with van der Waals surface area (Å²) in [6.07, 6.45) is 13.9. The molecule has 0 radical (unpaired) electrons. The van der Waals surface area contributed by atoms with Crippen molar-refractivity contribution in [1.29, 1.82) is 0 Å². The Morgan fingerprint density at radius 1 is 0.611 bits per heavy atom. The van der Waals surface area contributed by atoms with E-state index in [1.165, 1.54) is 38.5 Å². The van der Waals surface area contributed by atoms with E-state index in [0.717, 1.165) is 38.5 Å². The van der Waals surface area contributed by atoms with Gasteiger partial charge in [-0.2, -0.15) is 0 Å². The van der Waals surface area contributed by atoms with E-state index in [9.17, 15) is 15.3 Å². The summed E-state index contributed by atoms with van der Waals surface area (Å²) in [5, 5.41) is 31.1. The fourth-order valence-corrected chi connectivity index (χ4v) is 7.65. The van der Waals surface area contributed by atoms with E-state index in [1.807, 2.05) is 0 Å². The van der Waals surface area contributed by atoms with Crippen LogP contribution in [0.2, 0.25) is 0 Å². The van der Waals surface area contributed by atoms with Crippen molar-refractivity contribution in [3.8, 4) is 0 Å². The van der Waals surface area contributed by atoms with Crippen LogP contribution in [0.15, 0.2) is 0 Å². The average molecular weight is 691 g/mol. The van der Waals surface area contributed by atoms with Crippen LogP contribution in [0.5, 0.6) is 0 Å². The third kappa shape index (κ3) is 44.3. The van der Waals surface area contributed by atoms with Crippen molar-refractivity contribution in [3.63, 3.8) is 0 Å². The molecule has 209 valence electrons. The van der Waals surface area contributed by atoms with Gasteiger partial charge in [0.2, 0.25) is 0 Å². The summed E-state index contributed by atoms with van der Waals surface area (Å²) in [5.41, 5.74) is 0. The third-order valence-corrected chi connectivity index (χ3v) is 9.59. The molecule has 0 rings (SSSR count). The minimum absolute atomic E-state index is 0.122. The summed E-state index contributed by atoms with van der Waals surface area (Å²) in [6.45, 7) is 13.1. The third-order valence-electron chi connectivity index (χ3n) is 5.59. The molecule has 12 heteroatoms. The molecule has 0 aromatic heterocycles. The van der Waals surface area contributed by atoms with Gasteiger partial charge in [-0.25, -0.2) is 0 Å². The van der Waals surface area contributed by atoms with Gasteiger partial charge in [0.25, 0.3) is 0 Å². The molecule has 0 spiro atoms. The first-order valence-corrected chi connectivity index (χ1v) is 18.5. The molecule has 0 aromatic rings. The van der Waals surface area contributed by atoms with Gasteiger partial charge in [-0.05, 0) is 0 Å². The first-order chi connectivity index (χ1) is 17.5. The normalized spacial score (nSPS) is 12.4. The zero-order valence-corrected chi connectivity index (χ0v) is 31.5. The van der Waals surface area contributed by atoms with Crippen molar-refractivity contribution in [2.45, 2.75) is 119 Å². The van der Waals surface area contributed by atoms with Gasteiger partial charge in [0.1, 0.15) is 0 Å². The number of hydrogen-bond donors (Lipinski definition) is 0. The van der Waals surface area contributed by atoms with E-state index in [0.29, 0.717) is 17.8 Å². The second-order valence-electron chi connectivity index (χ2n) is 8.41. The van der Waals surface area contributed by atoms with Gasteiger partial charge in [-0.3, -0.25) is 0 Å². The van der Waals surface area contributed by atoms with Crippen LogP contribution < -0.4 is 15.3 Å². The Hall–Kier alpha value is 3.29. The van der Waals surface area contributed by atoms with Gasteiger partial charge < -0.3 is 15.3 Å². The minimum atomic E-state index is -0.643. The standard InChI is InChI=1S/3C8H17O.4O.5Ti/c3*1-3-5-6-8(4-2)7-9;;;;;;;;;/h3*8H,3-7H2,1-2H3;;;;;;;;;/q3*-1;;;;;;;;;+3. The first kappa shape index (κ1) is 46.3. The Balaban J connectivity index is -0.000000190. The van der Waals surface area contributed by atoms with Crippen molar-refractivity contribution in [1.82, 2.24) is 0 Å². The molecular weight excluding hydrogens is 640 g/mol. The molecule has 3 unspecified atom stereocenters. The second kappa shape index (κ2) is 45.3. The van der Waals surface area contributed by atoms with Crippen LogP contribution in [-0.4, -0.2) is 19.8 Å². The summed E-state index contributed by atoms with van der Waals surface area (Å²) in [7, 11) is 0. The monoisotopic (exact) mass is 691 g/mol. The van der Waals surface area contributed by atoms with Gasteiger partial charge in [-0.15, -0.1) is 19.8 Å². The van der Waals surface area contributed by atoms with Gasteiger partial charge in [0.15, 0.2) is 0 Å². The molecule has 0 aliphatic heterocycles. The van der Waals surface area contributed by atoms with Gasteiger partial charge in [0, 0.05) is 0 Å². The molecule has 0 bridgehead atoms. The second-order valence-corrected chi connectivity index (χ2v) is 15.7. The maximum absolute atomic E-state index is 10.4. The predicted octanol–water partition coefficient (Wildman–Crippen LogP) is 4.40. The molecule has 0 aliphatic rings. The van der Waals surface area contributed by atoms with Crippen LogP contribution in [0.3, 0.4) is 0 Å². The van der Waals surface area contributed by atoms with Gasteiger partial charge in [-0.1, -0.05) is 136 Å². The summed E-state index contributed by atoms with van der Waals surface area (Å²) in [5.74, 6) is 1.35. The SMILES string of the molecule is CCCCC(CC)C[O-].CCCCC(CC)C[O-].CCCCC(CC)C[O-].[Ti][O][Ti][O][Ti][O][Ti][O][Ti+3]. The molecule has 3 atom stereocenters. The van der Waals surface area contributed by atoms with Crippen LogP contribution in [0.25, 0.3) is 0 Å². The topological polar surface area (TPSA) is 106 Å². The van der Waals surface area contributed by atoms with Crippen molar-refractivity contribution in [3.05, 3.63) is 0 Å². The summed E-state index contributed by atoms with van der Waals surface area (Å²) >= 11 is 1.42. The van der Waals surface area contributed by atoms with E-state index in [-0.39, 0.29) is 19.8 Å². The zero-order valence-electron chi connectivity index (χ0n) is 23.7. The average Bonchev–Trinajstić information content (AvgIpc) is 2.92. The van der Waals surface area contributed by atoms with E-state index in [4.69, 9.17) is 7.60 Å². The number of rotatable bonds is 21. The Kier molecular flexibility index (Phi) is 58.2. The van der Waals surface area contributed by atoms with E-state index < -0.39 is 59.8 Å². The van der Waals surface area contributed by atoms with E-state index >= 15 is 0 Å². The van der Waals surface area contributed by atoms with Crippen molar-refractivity contribution in [2.75, 3.05) is 19.8 Å². The van der Waals surface area contributed by atoms with E-state index in [1.54, 1.807) is 41.6 Å². The van der Waals surface area contributed by atoms with E-state index in [2.05, 4.69) is 41.5 Å². The quantitative estimate of drug-likeness (QED) is 0.130. The molecule has 0 saturated heterocycles. The van der Waals surface area contributed by atoms with Gasteiger partial charge in [0.05, 0.1) is 0 Å². The maximum atomic E-state index is 10.4. The molecule has 0 aliphatic carbocycles.